The smallest absolute Gasteiger partial charge is 0.232 e. The molecule has 1 fully saturated rings. The number of nitrogens with two attached hydrogens (primary N) is 1. The number of nitrogen functional groups attached to an aromatic ring is 1. The second-order valence-electron chi connectivity index (χ2n) is 7.49. The van der Waals surface area contributed by atoms with Gasteiger partial charge in [-0.25, -0.2) is 18.7 Å². The summed E-state index contributed by atoms with van der Waals surface area (Å²) in [5, 5.41) is 0. The van der Waals surface area contributed by atoms with Gasteiger partial charge in [0.15, 0.2) is 17.4 Å². The first-order valence-corrected chi connectivity index (χ1v) is 11.1. The molecule has 0 spiro atoms. The molecule has 0 atom stereocenters. The van der Waals surface area contributed by atoms with Gasteiger partial charge in [0.1, 0.15) is 12.4 Å². The Hall–Kier alpha value is -3.18. The van der Waals surface area contributed by atoms with Crippen LogP contribution in [0.5, 0.6) is 11.6 Å². The maximum absolute atomic E-state index is 14.6. The molecule has 4 rings (SSSR count). The van der Waals surface area contributed by atoms with Crippen LogP contribution < -0.4 is 20.1 Å². The fourth-order valence-corrected chi connectivity index (χ4v) is 4.07. The molecule has 0 aliphatic carbocycles. The fraction of sp³-hybridized carbons (Fsp3) is 0.318. The van der Waals surface area contributed by atoms with Gasteiger partial charge in [0.2, 0.25) is 11.8 Å². The molecule has 33 heavy (non-hydrogen) atoms. The minimum atomic E-state index is -0.803. The summed E-state index contributed by atoms with van der Waals surface area (Å²) in [5.74, 6) is -0.774. The molecule has 0 saturated carbocycles. The van der Waals surface area contributed by atoms with Crippen molar-refractivity contribution >= 4 is 23.5 Å². The SMILES string of the molecule is COc1c(F)ccc(COc2nc(N3CCN(C)CC3)ncc2Sc2ccc(N)nc2)c1F. The van der Waals surface area contributed by atoms with E-state index in [1.807, 2.05) is 6.07 Å². The van der Waals surface area contributed by atoms with Crippen molar-refractivity contribution in [1.82, 2.24) is 19.9 Å². The quantitative estimate of drug-likeness (QED) is 0.554. The Morgan fingerprint density at radius 3 is 2.55 bits per heavy atom. The second kappa shape index (κ2) is 10.2. The summed E-state index contributed by atoms with van der Waals surface area (Å²) in [4.78, 5) is 19.0. The first kappa shape index (κ1) is 23.0. The van der Waals surface area contributed by atoms with E-state index >= 15 is 0 Å². The van der Waals surface area contributed by atoms with Gasteiger partial charge in [0.25, 0.3) is 0 Å². The largest absolute Gasteiger partial charge is 0.491 e. The van der Waals surface area contributed by atoms with Crippen LogP contribution in [0.2, 0.25) is 0 Å². The van der Waals surface area contributed by atoms with E-state index < -0.39 is 17.4 Å². The van der Waals surface area contributed by atoms with Gasteiger partial charge in [-0.1, -0.05) is 11.8 Å². The fourth-order valence-electron chi connectivity index (χ4n) is 3.28. The lowest BCUT2D eigenvalue weighted by Crippen LogP contribution is -2.45. The Labute approximate surface area is 194 Å². The van der Waals surface area contributed by atoms with E-state index in [-0.39, 0.29) is 12.2 Å². The van der Waals surface area contributed by atoms with E-state index in [1.54, 1.807) is 18.5 Å². The Morgan fingerprint density at radius 1 is 1.06 bits per heavy atom. The van der Waals surface area contributed by atoms with Crippen molar-refractivity contribution in [3.63, 3.8) is 0 Å². The van der Waals surface area contributed by atoms with Crippen molar-refractivity contribution < 1.29 is 18.3 Å². The molecule has 2 N–H and O–H groups in total. The maximum atomic E-state index is 14.6. The number of aromatic nitrogens is 3. The molecule has 1 aromatic carbocycles. The topological polar surface area (TPSA) is 89.6 Å². The molecule has 11 heteroatoms. The highest BCUT2D eigenvalue weighted by molar-refractivity contribution is 7.99. The predicted octanol–water partition coefficient (Wildman–Crippen LogP) is 3.22. The maximum Gasteiger partial charge on any atom is 0.232 e. The minimum Gasteiger partial charge on any atom is -0.491 e. The molecule has 2 aromatic heterocycles. The van der Waals surface area contributed by atoms with Gasteiger partial charge >= 0.3 is 0 Å². The van der Waals surface area contributed by atoms with Crippen molar-refractivity contribution in [1.29, 1.82) is 0 Å². The highest BCUT2D eigenvalue weighted by atomic mass is 32.2. The van der Waals surface area contributed by atoms with Gasteiger partial charge in [0, 0.05) is 42.8 Å². The van der Waals surface area contributed by atoms with Gasteiger partial charge in [-0.3, -0.25) is 0 Å². The number of halogens is 2. The first-order chi connectivity index (χ1) is 15.9. The third-order valence-electron chi connectivity index (χ3n) is 5.18. The van der Waals surface area contributed by atoms with Crippen LogP contribution in [0.1, 0.15) is 5.56 Å². The van der Waals surface area contributed by atoms with E-state index in [2.05, 4.69) is 31.8 Å². The molecular formula is C22H24F2N6O2S. The zero-order valence-electron chi connectivity index (χ0n) is 18.3. The molecular weight excluding hydrogens is 450 g/mol. The van der Waals surface area contributed by atoms with Crippen LogP contribution in [0, 0.1) is 11.6 Å². The summed E-state index contributed by atoms with van der Waals surface area (Å²) in [6, 6.07) is 6.00. The zero-order chi connectivity index (χ0) is 23.4. The van der Waals surface area contributed by atoms with Crippen molar-refractivity contribution in [2.24, 2.45) is 0 Å². The molecule has 1 aliphatic rings. The van der Waals surface area contributed by atoms with Crippen molar-refractivity contribution in [2.75, 3.05) is 51.0 Å². The second-order valence-corrected chi connectivity index (χ2v) is 8.61. The van der Waals surface area contributed by atoms with Gasteiger partial charge in [-0.15, -0.1) is 0 Å². The number of pyridine rings is 1. The number of piperazine rings is 1. The van der Waals surface area contributed by atoms with Crippen LogP contribution in [0.15, 0.2) is 46.5 Å². The van der Waals surface area contributed by atoms with Gasteiger partial charge in [-0.05, 0) is 31.3 Å². The van der Waals surface area contributed by atoms with Crippen molar-refractivity contribution in [3.05, 3.63) is 53.9 Å². The lowest BCUT2D eigenvalue weighted by Gasteiger charge is -2.32. The number of likely N-dealkylation sites (N-methyl/N-ethyl adjacent to an activating group) is 1. The third-order valence-corrected chi connectivity index (χ3v) is 6.16. The molecule has 1 aliphatic heterocycles. The lowest BCUT2D eigenvalue weighted by molar-refractivity contribution is 0.274. The summed E-state index contributed by atoms with van der Waals surface area (Å²) in [6.45, 7) is 3.21. The number of hydrogen-bond donors (Lipinski definition) is 1. The molecule has 0 amide bonds. The van der Waals surface area contributed by atoms with E-state index in [9.17, 15) is 8.78 Å². The number of ether oxygens (including phenoxy) is 2. The van der Waals surface area contributed by atoms with Crippen LogP contribution in [-0.2, 0) is 6.61 Å². The van der Waals surface area contributed by atoms with Crippen LogP contribution in [0.25, 0.3) is 0 Å². The zero-order valence-corrected chi connectivity index (χ0v) is 19.1. The van der Waals surface area contributed by atoms with Crippen LogP contribution in [0.3, 0.4) is 0 Å². The summed E-state index contributed by atoms with van der Waals surface area (Å²) >= 11 is 1.35. The Kier molecular flexibility index (Phi) is 7.09. The summed E-state index contributed by atoms with van der Waals surface area (Å²) < 4.78 is 39.1. The van der Waals surface area contributed by atoms with E-state index in [1.165, 1.54) is 24.9 Å². The summed E-state index contributed by atoms with van der Waals surface area (Å²) in [5.41, 5.74) is 5.82. The Bertz CT molecular complexity index is 1110. The summed E-state index contributed by atoms with van der Waals surface area (Å²) in [6.07, 6.45) is 3.32. The number of benzene rings is 1. The van der Waals surface area contributed by atoms with E-state index in [0.717, 1.165) is 37.1 Å². The number of nitrogens with zero attached hydrogens (tertiary/aromatic N) is 5. The number of methoxy groups -OCH3 is 1. The molecule has 0 unspecified atom stereocenters. The molecule has 174 valence electrons. The Balaban J connectivity index is 1.61. The average Bonchev–Trinajstić information content (AvgIpc) is 2.82. The molecule has 8 nitrogen and oxygen atoms in total. The standard InChI is InChI=1S/C22H24F2N6O2S/c1-29-7-9-30(10-8-29)22-27-12-17(33-15-4-6-18(25)26-11-15)21(28-22)32-13-14-3-5-16(23)20(31-2)19(14)24/h3-6,11-12H,7-10,13H2,1-2H3,(H2,25,26). The molecule has 0 radical (unpaired) electrons. The molecule has 0 bridgehead atoms. The Morgan fingerprint density at radius 2 is 1.85 bits per heavy atom. The lowest BCUT2D eigenvalue weighted by atomic mass is 10.2. The van der Waals surface area contributed by atoms with E-state index in [4.69, 9.17) is 15.2 Å². The predicted molar refractivity (Wildman–Crippen MR) is 122 cm³/mol. The highest BCUT2D eigenvalue weighted by Crippen LogP contribution is 2.35. The van der Waals surface area contributed by atoms with Crippen molar-refractivity contribution in [3.8, 4) is 11.6 Å². The molecule has 1 saturated heterocycles. The van der Waals surface area contributed by atoms with Crippen LogP contribution >= 0.6 is 11.8 Å². The average molecular weight is 475 g/mol. The van der Waals surface area contributed by atoms with Gasteiger partial charge < -0.3 is 25.0 Å². The number of rotatable bonds is 7. The van der Waals surface area contributed by atoms with Gasteiger partial charge in [0.05, 0.1) is 18.2 Å². The third kappa shape index (κ3) is 5.42. The molecule has 3 aromatic rings. The normalized spacial score (nSPS) is 14.4. The van der Waals surface area contributed by atoms with E-state index in [0.29, 0.717) is 22.5 Å². The van der Waals surface area contributed by atoms with Crippen LogP contribution in [-0.4, -0.2) is 60.2 Å². The number of anilines is 2. The van der Waals surface area contributed by atoms with Crippen molar-refractivity contribution in [2.45, 2.75) is 16.4 Å². The monoisotopic (exact) mass is 474 g/mol. The first-order valence-electron chi connectivity index (χ1n) is 10.3. The number of hydrogen-bond acceptors (Lipinski definition) is 9. The molecule has 3 heterocycles. The van der Waals surface area contributed by atoms with Crippen LogP contribution in [0.4, 0.5) is 20.5 Å². The van der Waals surface area contributed by atoms with Gasteiger partial charge in [-0.2, -0.15) is 4.98 Å². The minimum absolute atomic E-state index is 0.151. The highest BCUT2D eigenvalue weighted by Gasteiger charge is 2.20. The summed E-state index contributed by atoms with van der Waals surface area (Å²) in [7, 11) is 3.28.